The van der Waals surface area contributed by atoms with Crippen LogP contribution < -0.4 is 5.32 Å². The van der Waals surface area contributed by atoms with Crippen LogP contribution >= 0.6 is 0 Å². The summed E-state index contributed by atoms with van der Waals surface area (Å²) in [6.45, 7) is 4.97. The lowest BCUT2D eigenvalue weighted by Gasteiger charge is -2.49. The minimum atomic E-state index is -1.77. The van der Waals surface area contributed by atoms with Gasteiger partial charge in [0, 0.05) is 55.6 Å². The summed E-state index contributed by atoms with van der Waals surface area (Å²) in [4.78, 5) is 127. The zero-order chi connectivity index (χ0) is 39.9. The van der Waals surface area contributed by atoms with Crippen LogP contribution in [0.5, 0.6) is 0 Å². The number of hydrogen-bond acceptors (Lipinski definition) is 19. The number of amides is 3. The van der Waals surface area contributed by atoms with Crippen LogP contribution in [0.4, 0.5) is 0 Å². The van der Waals surface area contributed by atoms with Gasteiger partial charge < -0.3 is 52.8 Å². The van der Waals surface area contributed by atoms with E-state index in [1.165, 1.54) is 0 Å². The van der Waals surface area contributed by atoms with Crippen LogP contribution in [-0.2, 0) is 90.6 Å². The number of methoxy groups -OCH3 is 1. The molecule has 3 fully saturated rings. The van der Waals surface area contributed by atoms with Gasteiger partial charge in [-0.3, -0.25) is 52.8 Å². The Balaban J connectivity index is 2.07. The molecule has 1 N–H and O–H groups in total. The first kappa shape index (κ1) is 42.0. The molecule has 0 bridgehead atoms. The number of fused-ring (bicyclic) bond motifs is 1. The van der Waals surface area contributed by atoms with Gasteiger partial charge in [-0.25, -0.2) is 0 Å². The molecule has 10 atom stereocenters. The fourth-order valence-electron chi connectivity index (χ4n) is 6.21. The average molecular weight is 760 g/mol. The summed E-state index contributed by atoms with van der Waals surface area (Å²) in [5.74, 6) is -9.91. The van der Waals surface area contributed by atoms with Crippen molar-refractivity contribution in [3.63, 3.8) is 0 Å². The lowest BCUT2D eigenvalue weighted by molar-refractivity contribution is -0.271. The first-order valence-corrected chi connectivity index (χ1v) is 16.0. The molecule has 0 aliphatic carbocycles. The molecule has 0 aromatic heterocycles. The first-order valence-electron chi connectivity index (χ1n) is 16.0. The van der Waals surface area contributed by atoms with Crippen LogP contribution in [-0.4, -0.2) is 157 Å². The molecule has 3 rings (SSSR count). The molecule has 3 heterocycles. The number of hydrogen-bond donors (Lipinski definition) is 1. The third-order valence-electron chi connectivity index (χ3n) is 7.90. The summed E-state index contributed by atoms with van der Waals surface area (Å²) < 4.78 is 48.3. The first-order chi connectivity index (χ1) is 24.8. The van der Waals surface area contributed by atoms with Gasteiger partial charge in [0.05, 0.1) is 0 Å². The lowest BCUT2D eigenvalue weighted by Crippen LogP contribution is -2.71. The molecule has 0 aromatic rings. The maximum atomic E-state index is 13.8. The van der Waals surface area contributed by atoms with Gasteiger partial charge in [0.15, 0.2) is 36.8 Å². The van der Waals surface area contributed by atoms with Crippen molar-refractivity contribution < 1.29 is 90.6 Å². The average Bonchev–Trinajstić information content (AvgIpc) is 3.27. The molecular weight excluding hydrogens is 718 g/mol. The van der Waals surface area contributed by atoms with Crippen molar-refractivity contribution in [2.24, 2.45) is 0 Å². The monoisotopic (exact) mass is 759 g/mol. The third kappa shape index (κ3) is 10.4. The Morgan fingerprint density at radius 3 is 1.58 bits per heavy atom. The van der Waals surface area contributed by atoms with Crippen LogP contribution in [0.15, 0.2) is 0 Å². The SMILES string of the molecule is CO[C@H]1O[C@H](COC(C)=O)[C@@H](OC(C)=O)[C@H](OC(C)=O)[C@@H]1NC(=O)CN1C(=O)C(=O)N2[C@H](COC(C)=O)[C@@H](OC(C)=O)[C@H](OC(C)=O)[C@H](OC(C)=O)[C@@H]12. The molecule has 22 heteroatoms. The summed E-state index contributed by atoms with van der Waals surface area (Å²) in [6, 6.07) is -2.99. The molecule has 3 aliphatic rings. The Hall–Kier alpha value is -5.38. The molecule has 0 saturated carbocycles. The molecule has 22 nitrogen and oxygen atoms in total. The highest BCUT2D eigenvalue weighted by atomic mass is 16.7. The van der Waals surface area contributed by atoms with E-state index in [4.69, 9.17) is 42.6 Å². The number of esters is 7. The minimum Gasteiger partial charge on any atom is -0.464 e. The van der Waals surface area contributed by atoms with E-state index in [0.29, 0.717) is 4.90 Å². The van der Waals surface area contributed by atoms with Crippen LogP contribution in [0.25, 0.3) is 0 Å². The van der Waals surface area contributed by atoms with Gasteiger partial charge in [-0.15, -0.1) is 0 Å². The van der Waals surface area contributed by atoms with E-state index in [1.807, 2.05) is 0 Å². The zero-order valence-electron chi connectivity index (χ0n) is 30.0. The fourth-order valence-corrected chi connectivity index (χ4v) is 6.21. The van der Waals surface area contributed by atoms with Crippen LogP contribution in [0.1, 0.15) is 48.5 Å². The van der Waals surface area contributed by atoms with E-state index in [2.05, 4.69) is 5.32 Å². The van der Waals surface area contributed by atoms with Crippen molar-refractivity contribution in [1.82, 2.24) is 15.1 Å². The highest BCUT2D eigenvalue weighted by molar-refractivity contribution is 6.37. The largest absolute Gasteiger partial charge is 0.464 e. The maximum Gasteiger partial charge on any atom is 0.314 e. The highest BCUT2D eigenvalue weighted by Gasteiger charge is 2.64. The summed E-state index contributed by atoms with van der Waals surface area (Å²) in [6.07, 6.45) is -12.6. The molecule has 0 unspecified atom stereocenters. The number of nitrogens with zero attached hydrogens (tertiary/aromatic N) is 2. The molecule has 294 valence electrons. The standard InChI is InChI=1S/C31H41N3O19/c1-12(35)46-10-19-23(48-14(3)37)26(51-17(6)40)27(52-18(7)41)28-33(29(43)30(44)34(19)28)9-21(42)32-22-25(50-16(5)39)24(49-15(4)38)20(11-47-13(2)36)53-31(22)45-8/h19-20,22-28,31H,9-11H2,1-8H3,(H,32,42)/t19-,20-,22+,23-,24-,25-,26+,27+,28+,31+/m1/s1. The van der Waals surface area contributed by atoms with E-state index in [9.17, 15) is 47.9 Å². The van der Waals surface area contributed by atoms with Gasteiger partial charge in [-0.1, -0.05) is 0 Å². The van der Waals surface area contributed by atoms with Gasteiger partial charge in [0.25, 0.3) is 0 Å². The summed E-state index contributed by atoms with van der Waals surface area (Å²) in [5.41, 5.74) is 0. The van der Waals surface area contributed by atoms with Crippen LogP contribution in [0, 0.1) is 0 Å². The second kappa shape index (κ2) is 17.9. The molecular formula is C31H41N3O19. The Kier molecular flexibility index (Phi) is 14.2. The van der Waals surface area contributed by atoms with Gasteiger partial charge >= 0.3 is 53.6 Å². The van der Waals surface area contributed by atoms with Crippen molar-refractivity contribution >= 4 is 59.5 Å². The zero-order valence-corrected chi connectivity index (χ0v) is 30.0. The number of rotatable bonds is 13. The highest BCUT2D eigenvalue weighted by Crippen LogP contribution is 2.37. The number of nitrogens with one attached hydrogen (secondary N) is 1. The molecule has 3 amide bonds. The van der Waals surface area contributed by atoms with Crippen molar-refractivity contribution in [1.29, 1.82) is 0 Å². The Bertz CT molecular complexity index is 1500. The molecule has 53 heavy (non-hydrogen) atoms. The summed E-state index contributed by atoms with van der Waals surface area (Å²) >= 11 is 0. The van der Waals surface area contributed by atoms with E-state index < -0.39 is 140 Å². The van der Waals surface area contributed by atoms with Crippen molar-refractivity contribution in [3.8, 4) is 0 Å². The summed E-state index contributed by atoms with van der Waals surface area (Å²) in [7, 11) is 1.16. The molecule has 0 spiro atoms. The van der Waals surface area contributed by atoms with Gasteiger partial charge in [-0.2, -0.15) is 0 Å². The molecule has 0 radical (unpaired) electrons. The topological polar surface area (TPSA) is 272 Å². The van der Waals surface area contributed by atoms with E-state index >= 15 is 0 Å². The molecule has 3 aliphatic heterocycles. The van der Waals surface area contributed by atoms with Crippen molar-refractivity contribution in [2.45, 2.75) is 110 Å². The quantitative estimate of drug-likeness (QED) is 0.111. The fraction of sp³-hybridized carbons (Fsp3) is 0.677. The number of ether oxygens (including phenoxy) is 9. The Morgan fingerprint density at radius 2 is 1.08 bits per heavy atom. The van der Waals surface area contributed by atoms with E-state index in [1.54, 1.807) is 0 Å². The number of carbonyl (C=O) groups excluding carboxylic acids is 10. The van der Waals surface area contributed by atoms with Crippen molar-refractivity contribution in [3.05, 3.63) is 0 Å². The Morgan fingerprint density at radius 1 is 0.604 bits per heavy atom. The normalized spacial score (nSPS) is 29.2. The van der Waals surface area contributed by atoms with Gasteiger partial charge in [0.1, 0.15) is 44.1 Å². The number of carbonyl (C=O) groups is 10. The van der Waals surface area contributed by atoms with Crippen LogP contribution in [0.2, 0.25) is 0 Å². The Labute approximate surface area is 301 Å². The minimum absolute atomic E-state index is 0.489. The second-order valence-corrected chi connectivity index (χ2v) is 12.0. The van der Waals surface area contributed by atoms with E-state index in [-0.39, 0.29) is 0 Å². The van der Waals surface area contributed by atoms with Crippen LogP contribution in [0.3, 0.4) is 0 Å². The van der Waals surface area contributed by atoms with Gasteiger partial charge in [-0.05, 0) is 0 Å². The maximum absolute atomic E-state index is 13.8. The number of piperidine rings is 1. The van der Waals surface area contributed by atoms with Crippen molar-refractivity contribution in [2.75, 3.05) is 26.9 Å². The third-order valence-corrected chi connectivity index (χ3v) is 7.90. The summed E-state index contributed by atoms with van der Waals surface area (Å²) in [5, 5.41) is 2.49. The smallest absolute Gasteiger partial charge is 0.314 e. The molecule has 0 aromatic carbocycles. The lowest BCUT2D eigenvalue weighted by atomic mass is 9.91. The molecule has 3 saturated heterocycles. The van der Waals surface area contributed by atoms with Gasteiger partial charge in [0.2, 0.25) is 5.91 Å². The predicted octanol–water partition coefficient (Wildman–Crippen LogP) is -2.99. The van der Waals surface area contributed by atoms with E-state index in [0.717, 1.165) is 60.5 Å². The second-order valence-electron chi connectivity index (χ2n) is 12.0. The predicted molar refractivity (Wildman–Crippen MR) is 165 cm³/mol.